The van der Waals surface area contributed by atoms with Crippen LogP contribution in [0.4, 0.5) is 0 Å². The number of aromatic nitrogens is 3. The van der Waals surface area contributed by atoms with Gasteiger partial charge in [0.2, 0.25) is 5.91 Å². The van der Waals surface area contributed by atoms with E-state index in [1.807, 2.05) is 0 Å². The summed E-state index contributed by atoms with van der Waals surface area (Å²) < 4.78 is 2.05. The number of rotatable bonds is 5. The smallest absolute Gasteiger partial charge is 0.332 e. The van der Waals surface area contributed by atoms with E-state index in [9.17, 15) is 19.2 Å². The predicted molar refractivity (Wildman–Crippen MR) is 129 cm³/mol. The Labute approximate surface area is 201 Å². The minimum absolute atomic E-state index is 0.0437. The van der Waals surface area contributed by atoms with Crippen molar-refractivity contribution in [3.8, 4) is 0 Å². The number of piperidine rings is 1. The van der Waals surface area contributed by atoms with Gasteiger partial charge in [-0.3, -0.25) is 23.5 Å². The van der Waals surface area contributed by atoms with Crippen molar-refractivity contribution in [2.45, 2.75) is 39.3 Å². The minimum Gasteiger partial charge on any atom is -0.350 e. The fourth-order valence-corrected chi connectivity index (χ4v) is 4.42. The van der Waals surface area contributed by atoms with Crippen molar-refractivity contribution in [1.82, 2.24) is 24.3 Å². The SMILES string of the molecule is Cc1cc(C(=O)N2CCCCC2)c2c(=O)n(CC(=O)NCc3ccccc3Cl)c(=O)n(C)c2n1. The van der Waals surface area contributed by atoms with Crippen LogP contribution in [0, 0.1) is 6.92 Å². The molecule has 3 aromatic rings. The van der Waals surface area contributed by atoms with Gasteiger partial charge in [-0.15, -0.1) is 0 Å². The number of fused-ring (bicyclic) bond motifs is 1. The Hall–Kier alpha value is -3.46. The van der Waals surface area contributed by atoms with Gasteiger partial charge >= 0.3 is 5.69 Å². The molecule has 0 radical (unpaired) electrons. The van der Waals surface area contributed by atoms with Crippen LogP contribution in [-0.2, 0) is 24.9 Å². The summed E-state index contributed by atoms with van der Waals surface area (Å²) >= 11 is 6.13. The summed E-state index contributed by atoms with van der Waals surface area (Å²) in [5.41, 5.74) is 0.180. The van der Waals surface area contributed by atoms with Gasteiger partial charge in [-0.25, -0.2) is 9.78 Å². The fraction of sp³-hybridized carbons (Fsp3) is 0.375. The number of amides is 2. The first-order valence-corrected chi connectivity index (χ1v) is 11.6. The van der Waals surface area contributed by atoms with E-state index in [1.54, 1.807) is 42.2 Å². The summed E-state index contributed by atoms with van der Waals surface area (Å²) in [6.07, 6.45) is 2.87. The Kier molecular flexibility index (Phi) is 6.83. The van der Waals surface area contributed by atoms with E-state index >= 15 is 0 Å². The first kappa shape index (κ1) is 23.7. The first-order valence-electron chi connectivity index (χ1n) is 11.2. The quantitative estimate of drug-likeness (QED) is 0.597. The Bertz CT molecular complexity index is 1390. The molecule has 0 spiro atoms. The molecule has 1 aromatic carbocycles. The molecule has 1 aliphatic rings. The van der Waals surface area contributed by atoms with Crippen LogP contribution >= 0.6 is 11.6 Å². The molecule has 2 amide bonds. The van der Waals surface area contributed by atoms with Gasteiger partial charge < -0.3 is 10.2 Å². The molecule has 3 heterocycles. The van der Waals surface area contributed by atoms with E-state index in [1.165, 1.54) is 11.6 Å². The molecule has 1 N–H and O–H groups in total. The summed E-state index contributed by atoms with van der Waals surface area (Å²) in [6, 6.07) is 8.64. The number of carbonyl (C=O) groups is 2. The van der Waals surface area contributed by atoms with Gasteiger partial charge in [0.05, 0.1) is 10.9 Å². The number of hydrogen-bond donors (Lipinski definition) is 1. The average molecular weight is 484 g/mol. The predicted octanol–water partition coefficient (Wildman–Crippen LogP) is 2.00. The van der Waals surface area contributed by atoms with E-state index in [2.05, 4.69) is 10.3 Å². The molecule has 2 aromatic heterocycles. The molecule has 1 fully saturated rings. The minimum atomic E-state index is -0.709. The molecule has 178 valence electrons. The Balaban J connectivity index is 1.71. The van der Waals surface area contributed by atoms with E-state index in [4.69, 9.17) is 11.6 Å². The Morgan fingerprint density at radius 2 is 1.82 bits per heavy atom. The molecular weight excluding hydrogens is 458 g/mol. The van der Waals surface area contributed by atoms with Crippen LogP contribution in [0.3, 0.4) is 0 Å². The lowest BCUT2D eigenvalue weighted by Gasteiger charge is -2.27. The standard InChI is InChI=1S/C24H26ClN5O4/c1-15-12-17(22(32)29-10-6-3-7-11-29)20-21(27-15)28(2)24(34)30(23(20)33)14-19(31)26-13-16-8-4-5-9-18(16)25/h4-5,8-9,12H,3,6-7,10-11,13-14H2,1-2H3,(H,26,31). The highest BCUT2D eigenvalue weighted by Crippen LogP contribution is 2.19. The van der Waals surface area contributed by atoms with Crippen LogP contribution < -0.4 is 16.6 Å². The summed E-state index contributed by atoms with van der Waals surface area (Å²) in [5, 5.41) is 3.23. The third kappa shape index (κ3) is 4.61. The van der Waals surface area contributed by atoms with Crippen LogP contribution in [0.25, 0.3) is 11.0 Å². The first-order chi connectivity index (χ1) is 16.3. The molecule has 0 aliphatic carbocycles. The maximum atomic E-state index is 13.4. The number of aryl methyl sites for hydroxylation is 2. The van der Waals surface area contributed by atoms with E-state index in [-0.39, 0.29) is 29.0 Å². The highest BCUT2D eigenvalue weighted by Gasteiger charge is 2.25. The van der Waals surface area contributed by atoms with Gasteiger partial charge in [-0.2, -0.15) is 0 Å². The largest absolute Gasteiger partial charge is 0.350 e. The molecule has 4 rings (SSSR count). The highest BCUT2D eigenvalue weighted by atomic mass is 35.5. The van der Waals surface area contributed by atoms with Crippen molar-refractivity contribution in [1.29, 1.82) is 0 Å². The molecular formula is C24H26ClN5O4. The normalized spacial score (nSPS) is 13.8. The van der Waals surface area contributed by atoms with Crippen LogP contribution in [0.2, 0.25) is 5.02 Å². The van der Waals surface area contributed by atoms with E-state index in [0.29, 0.717) is 29.4 Å². The fourth-order valence-electron chi connectivity index (χ4n) is 4.21. The van der Waals surface area contributed by atoms with Gasteiger partial charge in [0.1, 0.15) is 12.2 Å². The Morgan fingerprint density at radius 3 is 2.53 bits per heavy atom. The van der Waals surface area contributed by atoms with E-state index < -0.39 is 23.7 Å². The lowest BCUT2D eigenvalue weighted by Crippen LogP contribution is -2.44. The molecule has 1 saturated heterocycles. The second-order valence-electron chi connectivity index (χ2n) is 8.46. The lowest BCUT2D eigenvalue weighted by molar-refractivity contribution is -0.121. The second kappa shape index (κ2) is 9.80. The van der Waals surface area contributed by atoms with Crippen molar-refractivity contribution in [2.24, 2.45) is 7.05 Å². The zero-order valence-corrected chi connectivity index (χ0v) is 19.9. The van der Waals surface area contributed by atoms with Crippen molar-refractivity contribution in [2.75, 3.05) is 13.1 Å². The maximum absolute atomic E-state index is 13.4. The van der Waals surface area contributed by atoms with Crippen molar-refractivity contribution in [3.63, 3.8) is 0 Å². The zero-order chi connectivity index (χ0) is 24.4. The molecule has 34 heavy (non-hydrogen) atoms. The number of nitrogens with one attached hydrogen (secondary N) is 1. The third-order valence-electron chi connectivity index (χ3n) is 6.03. The van der Waals surface area contributed by atoms with Crippen LogP contribution in [0.15, 0.2) is 39.9 Å². The van der Waals surface area contributed by atoms with Gasteiger partial charge in [0.15, 0.2) is 0 Å². The molecule has 0 atom stereocenters. The molecule has 1 aliphatic heterocycles. The maximum Gasteiger partial charge on any atom is 0.332 e. The number of benzene rings is 1. The number of halogens is 1. The van der Waals surface area contributed by atoms with Gasteiger partial charge in [0, 0.05) is 37.4 Å². The number of pyridine rings is 1. The summed E-state index contributed by atoms with van der Waals surface area (Å²) in [7, 11) is 1.48. The Morgan fingerprint density at radius 1 is 1.12 bits per heavy atom. The number of likely N-dealkylation sites (tertiary alicyclic amines) is 1. The van der Waals surface area contributed by atoms with Crippen LogP contribution in [-0.4, -0.2) is 43.9 Å². The topological polar surface area (TPSA) is 106 Å². The third-order valence-corrected chi connectivity index (χ3v) is 6.40. The summed E-state index contributed by atoms with van der Waals surface area (Å²) in [6.45, 7) is 2.61. The van der Waals surface area contributed by atoms with Crippen molar-refractivity contribution in [3.05, 3.63) is 73.0 Å². The second-order valence-corrected chi connectivity index (χ2v) is 8.87. The van der Waals surface area contributed by atoms with Gasteiger partial charge in [-0.05, 0) is 43.9 Å². The average Bonchev–Trinajstić information content (AvgIpc) is 2.84. The van der Waals surface area contributed by atoms with Crippen LogP contribution in [0.5, 0.6) is 0 Å². The number of nitrogens with zero attached hydrogens (tertiary/aromatic N) is 4. The van der Waals surface area contributed by atoms with Gasteiger partial charge in [-0.1, -0.05) is 29.8 Å². The van der Waals surface area contributed by atoms with Crippen molar-refractivity contribution < 1.29 is 9.59 Å². The molecule has 0 bridgehead atoms. The molecule has 0 unspecified atom stereocenters. The summed E-state index contributed by atoms with van der Waals surface area (Å²) in [4.78, 5) is 58.4. The van der Waals surface area contributed by atoms with Crippen molar-refractivity contribution >= 4 is 34.4 Å². The number of carbonyl (C=O) groups excluding carboxylic acids is 2. The molecule has 10 heteroatoms. The van der Waals surface area contributed by atoms with E-state index in [0.717, 1.165) is 23.8 Å². The molecule has 9 nitrogen and oxygen atoms in total. The highest BCUT2D eigenvalue weighted by molar-refractivity contribution is 6.31. The lowest BCUT2D eigenvalue weighted by atomic mass is 10.1. The monoisotopic (exact) mass is 483 g/mol. The number of hydrogen-bond acceptors (Lipinski definition) is 5. The zero-order valence-electron chi connectivity index (χ0n) is 19.1. The molecule has 0 saturated carbocycles. The summed E-state index contributed by atoms with van der Waals surface area (Å²) in [5.74, 6) is -0.789. The van der Waals surface area contributed by atoms with Gasteiger partial charge in [0.25, 0.3) is 11.5 Å². The van der Waals surface area contributed by atoms with Crippen LogP contribution in [0.1, 0.15) is 40.9 Å².